The predicted octanol–water partition coefficient (Wildman–Crippen LogP) is 1.41. The van der Waals surface area contributed by atoms with Crippen molar-refractivity contribution in [2.24, 2.45) is 0 Å². The molecule has 0 aliphatic carbocycles. The number of rotatable bonds is 2. The molecule has 0 radical (unpaired) electrons. The Morgan fingerprint density at radius 2 is 2.24 bits per heavy atom. The Balaban J connectivity index is 1.89. The molecule has 0 aromatic carbocycles. The van der Waals surface area contributed by atoms with Crippen LogP contribution in [0, 0.1) is 0 Å². The van der Waals surface area contributed by atoms with Crippen molar-refractivity contribution < 1.29 is 9.59 Å². The zero-order chi connectivity index (χ0) is 15.2. The van der Waals surface area contributed by atoms with Gasteiger partial charge in [-0.2, -0.15) is 0 Å². The fourth-order valence-electron chi connectivity index (χ4n) is 2.65. The Labute approximate surface area is 126 Å². The lowest BCUT2D eigenvalue weighted by molar-refractivity contribution is -0.139. The lowest BCUT2D eigenvalue weighted by Crippen LogP contribution is -2.53. The molecule has 1 N–H and O–H groups in total. The first-order valence-electron chi connectivity index (χ1n) is 6.90. The van der Waals surface area contributed by atoms with Crippen LogP contribution in [0.5, 0.6) is 0 Å². The van der Waals surface area contributed by atoms with Gasteiger partial charge in [-0.3, -0.25) is 14.0 Å². The highest BCUT2D eigenvalue weighted by atomic mass is 32.1. The van der Waals surface area contributed by atoms with Gasteiger partial charge in [0, 0.05) is 30.2 Å². The third-order valence-electron chi connectivity index (χ3n) is 3.74. The standard InChI is InChI=1S/C14H18N4O2S/c1-9-6-11(19)16-14(2,3)12(20)18(9)8-10-7-17-4-5-21-13(17)15-10/h4-5,7,9H,6,8H2,1-3H3,(H,16,19). The summed E-state index contributed by atoms with van der Waals surface area (Å²) in [5.74, 6) is -0.161. The molecule has 3 heterocycles. The molecule has 0 spiro atoms. The average Bonchev–Trinajstić information content (AvgIpc) is 2.92. The van der Waals surface area contributed by atoms with Gasteiger partial charge in [-0.25, -0.2) is 4.98 Å². The second kappa shape index (κ2) is 4.84. The van der Waals surface area contributed by atoms with Gasteiger partial charge in [0.2, 0.25) is 11.8 Å². The van der Waals surface area contributed by atoms with Crippen molar-refractivity contribution in [3.8, 4) is 0 Å². The maximum absolute atomic E-state index is 12.7. The maximum atomic E-state index is 12.7. The smallest absolute Gasteiger partial charge is 0.248 e. The summed E-state index contributed by atoms with van der Waals surface area (Å²) in [6.07, 6.45) is 4.19. The summed E-state index contributed by atoms with van der Waals surface area (Å²) >= 11 is 1.56. The second-order valence-electron chi connectivity index (χ2n) is 5.98. The number of carbonyl (C=O) groups excluding carboxylic acids is 2. The molecular formula is C14H18N4O2S. The molecule has 1 saturated heterocycles. The predicted molar refractivity (Wildman–Crippen MR) is 79.9 cm³/mol. The molecule has 7 heteroatoms. The van der Waals surface area contributed by atoms with E-state index in [1.165, 1.54) is 0 Å². The van der Waals surface area contributed by atoms with Crippen LogP contribution >= 0.6 is 11.3 Å². The molecule has 1 fully saturated rings. The third-order valence-corrected chi connectivity index (χ3v) is 4.51. The van der Waals surface area contributed by atoms with Gasteiger partial charge >= 0.3 is 0 Å². The van der Waals surface area contributed by atoms with Crippen LogP contribution in [-0.4, -0.2) is 37.7 Å². The number of carbonyl (C=O) groups is 2. The van der Waals surface area contributed by atoms with E-state index < -0.39 is 5.54 Å². The number of hydrogen-bond acceptors (Lipinski definition) is 4. The van der Waals surface area contributed by atoms with Crippen molar-refractivity contribution in [2.75, 3.05) is 0 Å². The summed E-state index contributed by atoms with van der Waals surface area (Å²) in [4.78, 5) is 31.7. The minimum atomic E-state index is -0.876. The highest BCUT2D eigenvalue weighted by Gasteiger charge is 2.39. The largest absolute Gasteiger partial charge is 0.342 e. The lowest BCUT2D eigenvalue weighted by atomic mass is 10.0. The molecule has 1 aliphatic rings. The maximum Gasteiger partial charge on any atom is 0.248 e. The van der Waals surface area contributed by atoms with Crippen LogP contribution < -0.4 is 5.32 Å². The topological polar surface area (TPSA) is 66.7 Å². The van der Waals surface area contributed by atoms with E-state index in [-0.39, 0.29) is 17.9 Å². The van der Waals surface area contributed by atoms with Crippen LogP contribution in [0.4, 0.5) is 0 Å². The third kappa shape index (κ3) is 2.53. The molecule has 0 bridgehead atoms. The summed E-state index contributed by atoms with van der Waals surface area (Å²) in [7, 11) is 0. The van der Waals surface area contributed by atoms with Crippen LogP contribution in [0.1, 0.15) is 32.9 Å². The van der Waals surface area contributed by atoms with Crippen LogP contribution in [0.25, 0.3) is 4.96 Å². The van der Waals surface area contributed by atoms with Crippen molar-refractivity contribution in [2.45, 2.75) is 45.3 Å². The first kappa shape index (κ1) is 14.1. The van der Waals surface area contributed by atoms with E-state index in [4.69, 9.17) is 0 Å². The quantitative estimate of drug-likeness (QED) is 0.912. The minimum Gasteiger partial charge on any atom is -0.342 e. The first-order valence-corrected chi connectivity index (χ1v) is 7.78. The molecule has 1 atom stereocenters. The zero-order valence-corrected chi connectivity index (χ0v) is 13.1. The van der Waals surface area contributed by atoms with Gasteiger partial charge in [-0.15, -0.1) is 11.3 Å². The summed E-state index contributed by atoms with van der Waals surface area (Å²) in [6, 6.07) is -0.140. The molecule has 2 aromatic heterocycles. The first-order chi connectivity index (χ1) is 9.87. The van der Waals surface area contributed by atoms with E-state index >= 15 is 0 Å². The molecule has 3 rings (SSSR count). The molecule has 1 aliphatic heterocycles. The van der Waals surface area contributed by atoms with Gasteiger partial charge < -0.3 is 10.2 Å². The summed E-state index contributed by atoms with van der Waals surface area (Å²) in [5, 5.41) is 4.75. The number of fused-ring (bicyclic) bond motifs is 1. The highest BCUT2D eigenvalue weighted by molar-refractivity contribution is 7.15. The lowest BCUT2D eigenvalue weighted by Gasteiger charge is -2.31. The molecule has 2 aromatic rings. The Morgan fingerprint density at radius 3 is 2.95 bits per heavy atom. The van der Waals surface area contributed by atoms with E-state index in [1.54, 1.807) is 30.1 Å². The molecule has 112 valence electrons. The SMILES string of the molecule is CC1CC(=O)NC(C)(C)C(=O)N1Cc1cn2ccsc2n1. The fourth-order valence-corrected chi connectivity index (χ4v) is 3.36. The van der Waals surface area contributed by atoms with Crippen LogP contribution in [0.15, 0.2) is 17.8 Å². The van der Waals surface area contributed by atoms with Gasteiger partial charge in [0.15, 0.2) is 4.96 Å². The van der Waals surface area contributed by atoms with Crippen molar-refractivity contribution in [3.05, 3.63) is 23.5 Å². The molecule has 1 unspecified atom stereocenters. The Morgan fingerprint density at radius 1 is 1.48 bits per heavy atom. The number of amides is 2. The van der Waals surface area contributed by atoms with E-state index in [1.807, 2.05) is 29.1 Å². The summed E-state index contributed by atoms with van der Waals surface area (Å²) in [6.45, 7) is 5.80. The molecular weight excluding hydrogens is 288 g/mol. The number of nitrogens with zero attached hydrogens (tertiary/aromatic N) is 3. The summed E-state index contributed by atoms with van der Waals surface area (Å²) in [5.41, 5.74) is -0.0360. The monoisotopic (exact) mass is 306 g/mol. The minimum absolute atomic E-state index is 0.0720. The van der Waals surface area contributed by atoms with Crippen LogP contribution in [-0.2, 0) is 16.1 Å². The van der Waals surface area contributed by atoms with Crippen LogP contribution in [0.2, 0.25) is 0 Å². The number of nitrogens with one attached hydrogen (secondary N) is 1. The van der Waals surface area contributed by atoms with E-state index in [0.29, 0.717) is 13.0 Å². The number of hydrogen-bond donors (Lipinski definition) is 1. The normalized spacial score (nSPS) is 22.4. The number of thiazole rings is 1. The van der Waals surface area contributed by atoms with Gasteiger partial charge in [0.05, 0.1) is 12.2 Å². The van der Waals surface area contributed by atoms with Crippen molar-refractivity contribution >= 4 is 28.1 Å². The van der Waals surface area contributed by atoms with E-state index in [0.717, 1.165) is 10.7 Å². The Kier molecular flexibility index (Phi) is 3.24. The highest BCUT2D eigenvalue weighted by Crippen LogP contribution is 2.21. The van der Waals surface area contributed by atoms with Crippen molar-refractivity contribution in [1.29, 1.82) is 0 Å². The average molecular weight is 306 g/mol. The van der Waals surface area contributed by atoms with Gasteiger partial charge in [-0.1, -0.05) is 0 Å². The second-order valence-corrected chi connectivity index (χ2v) is 6.86. The molecule has 21 heavy (non-hydrogen) atoms. The summed E-state index contributed by atoms with van der Waals surface area (Å²) < 4.78 is 1.95. The van der Waals surface area contributed by atoms with Crippen molar-refractivity contribution in [3.63, 3.8) is 0 Å². The Bertz CT molecular complexity index is 674. The van der Waals surface area contributed by atoms with Gasteiger partial charge in [-0.05, 0) is 20.8 Å². The zero-order valence-electron chi connectivity index (χ0n) is 12.3. The van der Waals surface area contributed by atoms with Gasteiger partial charge in [0.1, 0.15) is 5.54 Å². The van der Waals surface area contributed by atoms with E-state index in [2.05, 4.69) is 10.3 Å². The van der Waals surface area contributed by atoms with Crippen LogP contribution in [0.3, 0.4) is 0 Å². The molecule has 2 amide bonds. The molecule has 0 saturated carbocycles. The Hall–Kier alpha value is -1.89. The molecule has 6 nitrogen and oxygen atoms in total. The fraction of sp³-hybridized carbons (Fsp3) is 0.500. The number of imidazole rings is 1. The van der Waals surface area contributed by atoms with Crippen molar-refractivity contribution in [1.82, 2.24) is 19.6 Å². The van der Waals surface area contributed by atoms with Gasteiger partial charge in [0.25, 0.3) is 0 Å². The number of aromatic nitrogens is 2. The van der Waals surface area contributed by atoms with E-state index in [9.17, 15) is 9.59 Å².